The Kier molecular flexibility index (Phi) is 3.39. The van der Waals surface area contributed by atoms with Crippen LogP contribution in [-0.4, -0.2) is 23.1 Å². The summed E-state index contributed by atoms with van der Waals surface area (Å²) in [5.74, 6) is 0. The average molecular weight is 268 g/mol. The first-order chi connectivity index (χ1) is 8.22. The van der Waals surface area contributed by atoms with Gasteiger partial charge in [-0.2, -0.15) is 0 Å². The van der Waals surface area contributed by atoms with Crippen LogP contribution in [0.4, 0.5) is 0 Å². The summed E-state index contributed by atoms with van der Waals surface area (Å²) >= 11 is 3.62. The molecule has 0 aliphatic carbocycles. The SMILES string of the molecule is C[C@H]1C[C@@H](OC2Sc3ccccc3S2)[C@@H](C)O1. The summed E-state index contributed by atoms with van der Waals surface area (Å²) in [6.45, 7) is 4.22. The normalized spacial score (nSPS) is 32.9. The van der Waals surface area contributed by atoms with Crippen LogP contribution in [0, 0.1) is 0 Å². The molecule has 17 heavy (non-hydrogen) atoms. The van der Waals surface area contributed by atoms with E-state index in [2.05, 4.69) is 38.1 Å². The molecule has 2 aliphatic heterocycles. The van der Waals surface area contributed by atoms with E-state index >= 15 is 0 Å². The molecule has 0 aromatic heterocycles. The van der Waals surface area contributed by atoms with E-state index in [0.29, 0.717) is 6.10 Å². The van der Waals surface area contributed by atoms with Crippen molar-refractivity contribution in [1.29, 1.82) is 0 Å². The van der Waals surface area contributed by atoms with Crippen LogP contribution < -0.4 is 0 Å². The van der Waals surface area contributed by atoms with Crippen molar-refractivity contribution in [3.63, 3.8) is 0 Å². The molecule has 3 rings (SSSR count). The Balaban J connectivity index is 1.62. The van der Waals surface area contributed by atoms with Gasteiger partial charge in [0, 0.05) is 16.2 Å². The highest BCUT2D eigenvalue weighted by molar-refractivity contribution is 8.19. The van der Waals surface area contributed by atoms with Crippen LogP contribution in [0.1, 0.15) is 20.3 Å². The fraction of sp³-hybridized carbons (Fsp3) is 0.538. The Morgan fingerprint density at radius 1 is 1.18 bits per heavy atom. The Labute approximate surface area is 110 Å². The maximum absolute atomic E-state index is 6.14. The molecule has 2 aliphatic rings. The molecule has 3 atom stereocenters. The molecule has 0 N–H and O–H groups in total. The number of hydrogen-bond acceptors (Lipinski definition) is 4. The summed E-state index contributed by atoms with van der Waals surface area (Å²) < 4.78 is 12.0. The van der Waals surface area contributed by atoms with Gasteiger partial charge in [-0.1, -0.05) is 35.7 Å². The zero-order valence-electron chi connectivity index (χ0n) is 9.96. The molecule has 1 fully saturated rings. The van der Waals surface area contributed by atoms with E-state index < -0.39 is 0 Å². The van der Waals surface area contributed by atoms with Gasteiger partial charge in [-0.3, -0.25) is 0 Å². The van der Waals surface area contributed by atoms with Gasteiger partial charge in [-0.15, -0.1) is 0 Å². The van der Waals surface area contributed by atoms with E-state index in [1.165, 1.54) is 9.79 Å². The van der Waals surface area contributed by atoms with Crippen LogP contribution in [0.5, 0.6) is 0 Å². The molecule has 0 saturated carbocycles. The third kappa shape index (κ3) is 2.50. The zero-order chi connectivity index (χ0) is 11.8. The Morgan fingerprint density at radius 2 is 1.82 bits per heavy atom. The van der Waals surface area contributed by atoms with Crippen molar-refractivity contribution in [2.45, 2.75) is 53.1 Å². The van der Waals surface area contributed by atoms with E-state index in [0.717, 1.165) is 6.42 Å². The van der Waals surface area contributed by atoms with E-state index in [-0.39, 0.29) is 17.0 Å². The minimum Gasteiger partial charge on any atom is -0.373 e. The second-order valence-corrected chi connectivity index (χ2v) is 7.04. The molecule has 0 radical (unpaired) electrons. The fourth-order valence-electron chi connectivity index (χ4n) is 2.27. The highest BCUT2D eigenvalue weighted by atomic mass is 32.2. The summed E-state index contributed by atoms with van der Waals surface area (Å²) in [6.07, 6.45) is 1.79. The van der Waals surface area contributed by atoms with Crippen molar-refractivity contribution in [2.24, 2.45) is 0 Å². The van der Waals surface area contributed by atoms with Gasteiger partial charge in [0.2, 0.25) is 0 Å². The summed E-state index contributed by atoms with van der Waals surface area (Å²) in [5, 5.41) is 0. The minimum atomic E-state index is 0.189. The molecular weight excluding hydrogens is 252 g/mol. The van der Waals surface area contributed by atoms with Gasteiger partial charge < -0.3 is 9.47 Å². The standard InChI is InChI=1S/C13H16O2S2/c1-8-7-10(9(2)14-8)15-13-16-11-5-3-4-6-12(11)17-13/h3-6,8-10,13H,7H2,1-2H3/t8-,9+,10+/m0/s1. The van der Waals surface area contributed by atoms with Crippen LogP contribution >= 0.6 is 23.5 Å². The highest BCUT2D eigenvalue weighted by Crippen LogP contribution is 2.49. The van der Waals surface area contributed by atoms with Gasteiger partial charge >= 0.3 is 0 Å². The molecule has 0 unspecified atom stereocenters. The van der Waals surface area contributed by atoms with Crippen molar-refractivity contribution in [3.05, 3.63) is 24.3 Å². The molecule has 92 valence electrons. The smallest absolute Gasteiger partial charge is 0.159 e. The third-order valence-electron chi connectivity index (χ3n) is 3.12. The predicted octanol–water partition coefficient (Wildman–Crippen LogP) is 3.75. The lowest BCUT2D eigenvalue weighted by molar-refractivity contribution is -0.000651. The lowest BCUT2D eigenvalue weighted by Gasteiger charge is -2.18. The number of thioether (sulfide) groups is 2. The first-order valence-electron chi connectivity index (χ1n) is 5.95. The van der Waals surface area contributed by atoms with Gasteiger partial charge in [0.1, 0.15) is 0 Å². The van der Waals surface area contributed by atoms with Crippen molar-refractivity contribution in [2.75, 3.05) is 0 Å². The summed E-state index contributed by atoms with van der Waals surface area (Å²) in [6, 6.07) is 8.48. The number of rotatable bonds is 2. The molecule has 0 spiro atoms. The third-order valence-corrected chi connectivity index (χ3v) is 5.65. The molecule has 1 aromatic carbocycles. The zero-order valence-corrected chi connectivity index (χ0v) is 11.6. The number of benzene rings is 1. The van der Waals surface area contributed by atoms with Crippen LogP contribution in [0.2, 0.25) is 0 Å². The summed E-state index contributed by atoms with van der Waals surface area (Å²) in [7, 11) is 0. The molecule has 1 saturated heterocycles. The maximum Gasteiger partial charge on any atom is 0.159 e. The molecule has 2 nitrogen and oxygen atoms in total. The fourth-order valence-corrected chi connectivity index (χ4v) is 4.87. The Hall–Kier alpha value is -0.160. The lowest BCUT2D eigenvalue weighted by atomic mass is 10.2. The van der Waals surface area contributed by atoms with Crippen LogP contribution in [-0.2, 0) is 9.47 Å². The van der Waals surface area contributed by atoms with Gasteiger partial charge in [-0.25, -0.2) is 0 Å². The lowest BCUT2D eigenvalue weighted by Crippen LogP contribution is -2.23. The average Bonchev–Trinajstić information content (AvgIpc) is 2.82. The topological polar surface area (TPSA) is 18.5 Å². The maximum atomic E-state index is 6.14. The predicted molar refractivity (Wildman–Crippen MR) is 71.4 cm³/mol. The minimum absolute atomic E-state index is 0.189. The first-order valence-corrected chi connectivity index (χ1v) is 7.71. The quantitative estimate of drug-likeness (QED) is 0.813. The highest BCUT2D eigenvalue weighted by Gasteiger charge is 2.34. The van der Waals surface area contributed by atoms with E-state index in [9.17, 15) is 0 Å². The van der Waals surface area contributed by atoms with Gasteiger partial charge in [0.05, 0.1) is 18.3 Å². The number of fused-ring (bicyclic) bond motifs is 1. The molecule has 1 aromatic rings. The van der Waals surface area contributed by atoms with Crippen LogP contribution in [0.15, 0.2) is 34.1 Å². The van der Waals surface area contributed by atoms with E-state index in [1.54, 1.807) is 0 Å². The van der Waals surface area contributed by atoms with Gasteiger partial charge in [0.25, 0.3) is 0 Å². The van der Waals surface area contributed by atoms with Crippen molar-refractivity contribution < 1.29 is 9.47 Å². The second kappa shape index (κ2) is 4.84. The monoisotopic (exact) mass is 268 g/mol. The Bertz CT molecular complexity index is 385. The van der Waals surface area contributed by atoms with Gasteiger partial charge in [-0.05, 0) is 26.0 Å². The van der Waals surface area contributed by atoms with Gasteiger partial charge in [0.15, 0.2) is 4.77 Å². The number of ether oxygens (including phenoxy) is 2. The summed E-state index contributed by atoms with van der Waals surface area (Å²) in [5.41, 5.74) is 0. The van der Waals surface area contributed by atoms with E-state index in [1.807, 2.05) is 23.5 Å². The van der Waals surface area contributed by atoms with Crippen molar-refractivity contribution >= 4 is 23.5 Å². The van der Waals surface area contributed by atoms with Crippen LogP contribution in [0.25, 0.3) is 0 Å². The Morgan fingerprint density at radius 3 is 2.35 bits per heavy atom. The van der Waals surface area contributed by atoms with Crippen LogP contribution in [0.3, 0.4) is 0 Å². The van der Waals surface area contributed by atoms with E-state index in [4.69, 9.17) is 9.47 Å². The molecule has 0 amide bonds. The molecule has 2 heterocycles. The first kappa shape index (κ1) is 11.9. The van der Waals surface area contributed by atoms with Crippen molar-refractivity contribution in [1.82, 2.24) is 0 Å². The summed E-state index contributed by atoms with van der Waals surface area (Å²) in [4.78, 5) is 2.67. The molecule has 4 heteroatoms. The van der Waals surface area contributed by atoms with Crippen molar-refractivity contribution in [3.8, 4) is 0 Å². The number of hydrogen-bond donors (Lipinski definition) is 0. The molecular formula is C13H16O2S2. The second-order valence-electron chi connectivity index (χ2n) is 4.53. The molecule has 0 bridgehead atoms. The largest absolute Gasteiger partial charge is 0.373 e.